The molecular formula is C15H19N3O3S. The van der Waals surface area contributed by atoms with Gasteiger partial charge in [-0.2, -0.15) is 5.10 Å². The highest BCUT2D eigenvalue weighted by atomic mass is 32.2. The van der Waals surface area contributed by atoms with Gasteiger partial charge in [-0.1, -0.05) is 25.5 Å². The Morgan fingerprint density at radius 1 is 1.50 bits per heavy atom. The van der Waals surface area contributed by atoms with E-state index in [1.807, 2.05) is 6.08 Å². The lowest BCUT2D eigenvalue weighted by Crippen LogP contribution is -2.18. The molecule has 1 heterocycles. The van der Waals surface area contributed by atoms with E-state index in [4.69, 9.17) is 0 Å². The number of aliphatic imine (C=N–C) groups is 1. The maximum atomic E-state index is 12.0. The molecule has 1 fully saturated rings. The average Bonchev–Trinajstić information content (AvgIpc) is 2.80. The van der Waals surface area contributed by atoms with Gasteiger partial charge in [0, 0.05) is 6.21 Å². The molecule has 6 nitrogen and oxygen atoms in total. The summed E-state index contributed by atoms with van der Waals surface area (Å²) in [4.78, 5) is 27.6. The van der Waals surface area contributed by atoms with Gasteiger partial charge in [0.1, 0.15) is 5.70 Å². The number of amidine groups is 1. The van der Waals surface area contributed by atoms with Crippen molar-refractivity contribution in [3.8, 4) is 0 Å². The van der Waals surface area contributed by atoms with Crippen LogP contribution in [0.5, 0.6) is 0 Å². The van der Waals surface area contributed by atoms with E-state index in [1.165, 1.54) is 12.1 Å². The van der Waals surface area contributed by atoms with Gasteiger partial charge >= 0.3 is 5.97 Å². The lowest BCUT2D eigenvalue weighted by atomic mass is 10.3. The molecule has 118 valence electrons. The van der Waals surface area contributed by atoms with Crippen LogP contribution in [0.15, 0.2) is 46.7 Å². The van der Waals surface area contributed by atoms with Crippen LogP contribution < -0.4 is 0 Å². The van der Waals surface area contributed by atoms with Crippen LogP contribution in [0.3, 0.4) is 0 Å². The van der Waals surface area contributed by atoms with Gasteiger partial charge in [-0.05, 0) is 24.3 Å². The highest BCUT2D eigenvalue weighted by Crippen LogP contribution is 2.29. The van der Waals surface area contributed by atoms with Gasteiger partial charge in [0.05, 0.1) is 19.7 Å². The topological polar surface area (TPSA) is 71.3 Å². The summed E-state index contributed by atoms with van der Waals surface area (Å²) >= 11 is 0.918. The van der Waals surface area contributed by atoms with Gasteiger partial charge < -0.3 is 4.74 Å². The van der Waals surface area contributed by atoms with Gasteiger partial charge in [-0.3, -0.25) is 9.79 Å². The summed E-state index contributed by atoms with van der Waals surface area (Å²) in [6.45, 7) is 6.02. The molecule has 0 aromatic carbocycles. The van der Waals surface area contributed by atoms with E-state index in [9.17, 15) is 9.59 Å². The zero-order valence-electron chi connectivity index (χ0n) is 12.7. The molecule has 1 aliphatic heterocycles. The SMILES string of the molecule is C=CCN=C1SC(=O)/C(=C\C(=O)OC)N1/N=C/C=C/CCC. The highest BCUT2D eigenvalue weighted by molar-refractivity contribution is 8.27. The first-order valence-corrected chi connectivity index (χ1v) is 7.62. The van der Waals surface area contributed by atoms with E-state index in [0.717, 1.165) is 30.7 Å². The van der Waals surface area contributed by atoms with Crippen molar-refractivity contribution in [2.45, 2.75) is 19.8 Å². The van der Waals surface area contributed by atoms with Crippen molar-refractivity contribution in [1.29, 1.82) is 0 Å². The molecule has 0 spiro atoms. The van der Waals surface area contributed by atoms with E-state index in [0.29, 0.717) is 11.7 Å². The predicted octanol–water partition coefficient (Wildman–Crippen LogP) is 2.50. The maximum Gasteiger partial charge on any atom is 0.332 e. The summed E-state index contributed by atoms with van der Waals surface area (Å²) < 4.78 is 4.56. The number of carbonyl (C=O) groups is 2. The zero-order valence-corrected chi connectivity index (χ0v) is 13.5. The fourth-order valence-corrected chi connectivity index (χ4v) is 2.23. The fourth-order valence-electron chi connectivity index (χ4n) is 1.44. The van der Waals surface area contributed by atoms with Crippen LogP contribution in [0, 0.1) is 0 Å². The minimum atomic E-state index is -0.615. The third-order valence-electron chi connectivity index (χ3n) is 2.47. The molecular weight excluding hydrogens is 302 g/mol. The first-order valence-electron chi connectivity index (χ1n) is 6.80. The van der Waals surface area contributed by atoms with Gasteiger partial charge in [0.25, 0.3) is 0 Å². The average molecular weight is 321 g/mol. The first kappa shape index (κ1) is 17.9. The van der Waals surface area contributed by atoms with Crippen LogP contribution >= 0.6 is 11.8 Å². The summed E-state index contributed by atoms with van der Waals surface area (Å²) in [7, 11) is 1.25. The number of allylic oxidation sites excluding steroid dienone is 2. The van der Waals surface area contributed by atoms with Crippen molar-refractivity contribution in [3.05, 3.63) is 36.6 Å². The van der Waals surface area contributed by atoms with E-state index in [2.05, 4.69) is 28.3 Å². The zero-order chi connectivity index (χ0) is 16.4. The lowest BCUT2D eigenvalue weighted by molar-refractivity contribution is -0.135. The van der Waals surface area contributed by atoms with Crippen LogP contribution in [0.2, 0.25) is 0 Å². The van der Waals surface area contributed by atoms with Crippen molar-refractivity contribution >= 4 is 34.2 Å². The summed E-state index contributed by atoms with van der Waals surface area (Å²) in [5, 5.41) is 5.62. The Kier molecular flexibility index (Phi) is 7.91. The standard InChI is InChI=1S/C15H19N3O3S/c1-4-6-7-8-10-17-18-12(11-13(19)21-3)14(20)22-15(18)16-9-5-2/h5,7-8,10-11H,2,4,6,9H2,1,3H3/b8-7+,12-11+,16-15?,17-10+. The number of unbranched alkanes of at least 4 members (excludes halogenated alkanes) is 1. The quantitative estimate of drug-likeness (QED) is 0.312. The molecule has 0 aliphatic carbocycles. The number of esters is 1. The molecule has 0 bridgehead atoms. The number of methoxy groups -OCH3 is 1. The van der Waals surface area contributed by atoms with Crippen LogP contribution in [-0.4, -0.2) is 41.1 Å². The molecule has 7 heteroatoms. The van der Waals surface area contributed by atoms with Crippen LogP contribution in [-0.2, 0) is 14.3 Å². The number of thioether (sulfide) groups is 1. The summed E-state index contributed by atoms with van der Waals surface area (Å²) in [5.74, 6) is -0.615. The minimum absolute atomic E-state index is 0.125. The first-order chi connectivity index (χ1) is 10.6. The monoisotopic (exact) mass is 321 g/mol. The third kappa shape index (κ3) is 5.33. The normalized spacial score (nSPS) is 19.0. The lowest BCUT2D eigenvalue weighted by Gasteiger charge is -2.10. The molecule has 0 atom stereocenters. The van der Waals surface area contributed by atoms with Crippen LogP contribution in [0.1, 0.15) is 19.8 Å². The summed E-state index contributed by atoms with van der Waals surface area (Å²) in [5.41, 5.74) is 0.125. The van der Waals surface area contributed by atoms with Gasteiger partial charge in [-0.15, -0.1) is 6.58 Å². The molecule has 0 radical (unpaired) electrons. The smallest absolute Gasteiger partial charge is 0.332 e. The van der Waals surface area contributed by atoms with Crippen molar-refractivity contribution < 1.29 is 14.3 Å². The number of hydrogen-bond acceptors (Lipinski definition) is 6. The molecule has 22 heavy (non-hydrogen) atoms. The number of rotatable bonds is 7. The predicted molar refractivity (Wildman–Crippen MR) is 89.6 cm³/mol. The van der Waals surface area contributed by atoms with Crippen molar-refractivity contribution in [3.63, 3.8) is 0 Å². The van der Waals surface area contributed by atoms with Gasteiger partial charge in [-0.25, -0.2) is 9.80 Å². The van der Waals surface area contributed by atoms with Crippen molar-refractivity contribution in [2.75, 3.05) is 13.7 Å². The number of hydrazone groups is 1. The van der Waals surface area contributed by atoms with Crippen LogP contribution in [0.4, 0.5) is 0 Å². The molecule has 0 aromatic heterocycles. The van der Waals surface area contributed by atoms with Crippen molar-refractivity contribution in [2.24, 2.45) is 10.1 Å². The molecule has 0 aromatic rings. The Morgan fingerprint density at radius 3 is 2.91 bits per heavy atom. The highest BCUT2D eigenvalue weighted by Gasteiger charge is 2.33. The van der Waals surface area contributed by atoms with E-state index in [1.54, 1.807) is 18.4 Å². The summed E-state index contributed by atoms with van der Waals surface area (Å²) in [6.07, 6.45) is 10.0. The minimum Gasteiger partial charge on any atom is -0.466 e. The Bertz CT molecular complexity index is 550. The second kappa shape index (κ2) is 9.73. The number of ether oxygens (including phenoxy) is 1. The Balaban J connectivity index is 3.03. The van der Waals surface area contributed by atoms with E-state index < -0.39 is 5.97 Å². The molecule has 1 saturated heterocycles. The largest absolute Gasteiger partial charge is 0.466 e. The van der Waals surface area contributed by atoms with Crippen LogP contribution in [0.25, 0.3) is 0 Å². The molecule has 0 unspecified atom stereocenters. The number of carbonyl (C=O) groups excluding carboxylic acids is 2. The van der Waals surface area contributed by atoms with Crippen molar-refractivity contribution in [1.82, 2.24) is 5.01 Å². The second-order valence-electron chi connectivity index (χ2n) is 4.15. The number of nitrogens with zero attached hydrogens (tertiary/aromatic N) is 3. The Labute approximate surface area is 134 Å². The van der Waals surface area contributed by atoms with Gasteiger partial charge in [0.2, 0.25) is 5.12 Å². The fraction of sp³-hybridized carbons (Fsp3) is 0.333. The molecule has 0 saturated carbocycles. The molecule has 1 aliphatic rings. The van der Waals surface area contributed by atoms with Gasteiger partial charge in [0.15, 0.2) is 5.17 Å². The molecule has 1 rings (SSSR count). The van der Waals surface area contributed by atoms with E-state index in [-0.39, 0.29) is 10.8 Å². The number of hydrogen-bond donors (Lipinski definition) is 0. The maximum absolute atomic E-state index is 12.0. The molecule has 0 amide bonds. The second-order valence-corrected chi connectivity index (χ2v) is 5.09. The molecule has 0 N–H and O–H groups in total. The van der Waals surface area contributed by atoms with E-state index >= 15 is 0 Å². The Morgan fingerprint density at radius 2 is 2.27 bits per heavy atom. The Hall–Kier alpha value is -2.15. The third-order valence-corrected chi connectivity index (χ3v) is 3.35. The summed E-state index contributed by atoms with van der Waals surface area (Å²) in [6, 6.07) is 0.